The maximum absolute atomic E-state index is 13.5. The largest absolute Gasteiger partial charge is 0.339 e. The third-order valence-electron chi connectivity index (χ3n) is 5.48. The van der Waals surface area contributed by atoms with Gasteiger partial charge in [-0.2, -0.15) is 0 Å². The summed E-state index contributed by atoms with van der Waals surface area (Å²) in [4.78, 5) is 37.6. The Hall–Kier alpha value is -3.81. The predicted octanol–water partition coefficient (Wildman–Crippen LogP) is 3.07. The molecule has 0 unspecified atom stereocenters. The van der Waals surface area contributed by atoms with E-state index in [2.05, 4.69) is 20.2 Å². The molecule has 0 aliphatic carbocycles. The zero-order chi connectivity index (χ0) is 22.5. The number of aryl methyl sites for hydroxylation is 1. The summed E-state index contributed by atoms with van der Waals surface area (Å²) >= 11 is 0. The fraction of sp³-hybridized carbons (Fsp3) is 0.250. The van der Waals surface area contributed by atoms with Gasteiger partial charge in [0.05, 0.1) is 6.42 Å². The van der Waals surface area contributed by atoms with E-state index in [-0.39, 0.29) is 11.8 Å². The number of rotatable bonds is 5. The summed E-state index contributed by atoms with van der Waals surface area (Å²) in [5.41, 5.74) is 2.45. The van der Waals surface area contributed by atoms with Crippen LogP contribution in [0.3, 0.4) is 0 Å². The van der Waals surface area contributed by atoms with Gasteiger partial charge in [0.1, 0.15) is 5.82 Å². The van der Waals surface area contributed by atoms with Crippen LogP contribution in [0.2, 0.25) is 0 Å². The van der Waals surface area contributed by atoms with E-state index in [0.29, 0.717) is 55.4 Å². The number of amides is 2. The molecule has 0 radical (unpaired) electrons. The minimum Gasteiger partial charge on any atom is -0.339 e. The predicted molar refractivity (Wildman–Crippen MR) is 120 cm³/mol. The van der Waals surface area contributed by atoms with Crippen LogP contribution in [0.4, 0.5) is 16.0 Å². The topological polar surface area (TPSA) is 78.4 Å². The molecular formula is C24H24FN5O2. The monoisotopic (exact) mass is 433 g/mol. The van der Waals surface area contributed by atoms with Crippen molar-refractivity contribution in [3.8, 4) is 0 Å². The van der Waals surface area contributed by atoms with Crippen molar-refractivity contribution in [3.63, 3.8) is 0 Å². The Morgan fingerprint density at radius 3 is 2.38 bits per heavy atom. The van der Waals surface area contributed by atoms with Crippen LogP contribution in [-0.2, 0) is 11.2 Å². The molecule has 1 aliphatic heterocycles. The molecule has 0 bridgehead atoms. The molecule has 0 saturated carbocycles. The minimum absolute atomic E-state index is 0.0609. The standard InChI is InChI=1S/C24H24FN5O2/c1-17-3-6-19(25)16-21(17)23(32)28-20-7-4-18(5-8-20)15-22(31)29-11-13-30(14-12-29)24-26-9-2-10-27-24/h2-10,16H,11-15H2,1H3,(H,28,32). The average molecular weight is 433 g/mol. The first kappa shape index (κ1) is 21.4. The zero-order valence-electron chi connectivity index (χ0n) is 17.8. The molecule has 1 fully saturated rings. The Morgan fingerprint density at radius 1 is 1.00 bits per heavy atom. The lowest BCUT2D eigenvalue weighted by Crippen LogP contribution is -2.49. The number of piperazine rings is 1. The van der Waals surface area contributed by atoms with Gasteiger partial charge in [0, 0.05) is 49.8 Å². The highest BCUT2D eigenvalue weighted by molar-refractivity contribution is 6.05. The van der Waals surface area contributed by atoms with E-state index in [4.69, 9.17) is 0 Å². The molecule has 3 aromatic rings. The van der Waals surface area contributed by atoms with Crippen molar-refractivity contribution in [2.75, 3.05) is 36.4 Å². The van der Waals surface area contributed by atoms with Crippen molar-refractivity contribution in [1.82, 2.24) is 14.9 Å². The van der Waals surface area contributed by atoms with E-state index in [1.54, 1.807) is 43.6 Å². The SMILES string of the molecule is Cc1ccc(F)cc1C(=O)Nc1ccc(CC(=O)N2CCN(c3ncccn3)CC2)cc1. The summed E-state index contributed by atoms with van der Waals surface area (Å²) < 4.78 is 13.5. The van der Waals surface area contributed by atoms with E-state index >= 15 is 0 Å². The van der Waals surface area contributed by atoms with Crippen LogP contribution in [0.25, 0.3) is 0 Å². The number of aromatic nitrogens is 2. The second kappa shape index (κ2) is 9.55. The highest BCUT2D eigenvalue weighted by atomic mass is 19.1. The summed E-state index contributed by atoms with van der Waals surface area (Å²) in [6.07, 6.45) is 3.72. The van der Waals surface area contributed by atoms with E-state index in [1.165, 1.54) is 12.1 Å². The molecule has 8 heteroatoms. The highest BCUT2D eigenvalue weighted by Gasteiger charge is 2.22. The van der Waals surface area contributed by atoms with Gasteiger partial charge in [-0.05, 0) is 48.4 Å². The number of nitrogens with one attached hydrogen (secondary N) is 1. The third-order valence-corrected chi connectivity index (χ3v) is 5.48. The first-order valence-corrected chi connectivity index (χ1v) is 10.5. The Kier molecular flexibility index (Phi) is 6.39. The van der Waals surface area contributed by atoms with Crippen LogP contribution in [0.1, 0.15) is 21.5 Å². The molecule has 1 saturated heterocycles. The summed E-state index contributed by atoms with van der Waals surface area (Å²) in [5, 5.41) is 2.77. The molecule has 32 heavy (non-hydrogen) atoms. The second-order valence-electron chi connectivity index (χ2n) is 7.70. The van der Waals surface area contributed by atoms with Crippen LogP contribution in [0.15, 0.2) is 60.9 Å². The molecule has 2 amide bonds. The summed E-state index contributed by atoms with van der Waals surface area (Å²) in [6.45, 7) is 4.40. The van der Waals surface area contributed by atoms with Gasteiger partial charge in [-0.25, -0.2) is 14.4 Å². The van der Waals surface area contributed by atoms with Gasteiger partial charge in [0.2, 0.25) is 11.9 Å². The smallest absolute Gasteiger partial charge is 0.256 e. The zero-order valence-corrected chi connectivity index (χ0v) is 17.8. The van der Waals surface area contributed by atoms with E-state index in [0.717, 1.165) is 5.56 Å². The number of hydrogen-bond acceptors (Lipinski definition) is 5. The molecule has 1 aromatic heterocycles. The number of halogens is 1. The summed E-state index contributed by atoms with van der Waals surface area (Å²) in [5.74, 6) is -0.0747. The molecule has 0 atom stereocenters. The first-order valence-electron chi connectivity index (χ1n) is 10.5. The quantitative estimate of drug-likeness (QED) is 0.669. The fourth-order valence-electron chi connectivity index (χ4n) is 3.64. The molecule has 0 spiro atoms. The number of anilines is 2. The van der Waals surface area contributed by atoms with E-state index in [9.17, 15) is 14.0 Å². The maximum atomic E-state index is 13.5. The first-order chi connectivity index (χ1) is 15.5. The number of carbonyl (C=O) groups excluding carboxylic acids is 2. The molecule has 1 aliphatic rings. The van der Waals surface area contributed by atoms with Gasteiger partial charge < -0.3 is 15.1 Å². The number of benzene rings is 2. The molecule has 2 heterocycles. The number of carbonyl (C=O) groups is 2. The maximum Gasteiger partial charge on any atom is 0.256 e. The molecule has 164 valence electrons. The van der Waals surface area contributed by atoms with Crippen molar-refractivity contribution >= 4 is 23.5 Å². The van der Waals surface area contributed by atoms with Gasteiger partial charge in [-0.3, -0.25) is 9.59 Å². The summed E-state index contributed by atoms with van der Waals surface area (Å²) in [6, 6.07) is 13.0. The molecule has 2 aromatic carbocycles. The molecular weight excluding hydrogens is 409 g/mol. The summed E-state index contributed by atoms with van der Waals surface area (Å²) in [7, 11) is 0. The van der Waals surface area contributed by atoms with Gasteiger partial charge in [0.25, 0.3) is 5.91 Å². The Bertz CT molecular complexity index is 1100. The fourth-order valence-corrected chi connectivity index (χ4v) is 3.64. The van der Waals surface area contributed by atoms with Crippen molar-refractivity contribution < 1.29 is 14.0 Å². The van der Waals surface area contributed by atoms with Crippen LogP contribution in [-0.4, -0.2) is 52.9 Å². The normalized spacial score (nSPS) is 13.7. The molecule has 1 N–H and O–H groups in total. The highest BCUT2D eigenvalue weighted by Crippen LogP contribution is 2.16. The number of nitrogens with zero attached hydrogens (tertiary/aromatic N) is 4. The Labute approximate surface area is 185 Å². The average Bonchev–Trinajstić information content (AvgIpc) is 2.82. The molecule has 4 rings (SSSR count). The van der Waals surface area contributed by atoms with Crippen molar-refractivity contribution in [2.24, 2.45) is 0 Å². The van der Waals surface area contributed by atoms with Crippen LogP contribution in [0.5, 0.6) is 0 Å². The Balaban J connectivity index is 1.30. The van der Waals surface area contributed by atoms with Gasteiger partial charge >= 0.3 is 0 Å². The number of hydrogen-bond donors (Lipinski definition) is 1. The van der Waals surface area contributed by atoms with Crippen LogP contribution in [0, 0.1) is 12.7 Å². The van der Waals surface area contributed by atoms with Crippen molar-refractivity contribution in [2.45, 2.75) is 13.3 Å². The van der Waals surface area contributed by atoms with Crippen LogP contribution >= 0.6 is 0 Å². The van der Waals surface area contributed by atoms with Crippen molar-refractivity contribution in [1.29, 1.82) is 0 Å². The van der Waals surface area contributed by atoms with Crippen LogP contribution < -0.4 is 10.2 Å². The van der Waals surface area contributed by atoms with E-state index in [1.807, 2.05) is 17.0 Å². The van der Waals surface area contributed by atoms with Crippen molar-refractivity contribution in [3.05, 3.63) is 83.4 Å². The molecule has 7 nitrogen and oxygen atoms in total. The van der Waals surface area contributed by atoms with Gasteiger partial charge in [-0.15, -0.1) is 0 Å². The minimum atomic E-state index is -0.452. The second-order valence-corrected chi connectivity index (χ2v) is 7.70. The lowest BCUT2D eigenvalue weighted by Gasteiger charge is -2.34. The third kappa shape index (κ3) is 5.08. The van der Waals surface area contributed by atoms with E-state index < -0.39 is 5.82 Å². The Morgan fingerprint density at radius 2 is 1.69 bits per heavy atom. The van der Waals surface area contributed by atoms with Gasteiger partial charge in [0.15, 0.2) is 0 Å². The lowest BCUT2D eigenvalue weighted by molar-refractivity contribution is -0.130. The van der Waals surface area contributed by atoms with Gasteiger partial charge in [-0.1, -0.05) is 18.2 Å². The lowest BCUT2D eigenvalue weighted by atomic mass is 10.1.